The van der Waals surface area contributed by atoms with E-state index in [9.17, 15) is 18.0 Å². The van der Waals surface area contributed by atoms with Gasteiger partial charge in [-0.05, 0) is 12.0 Å². The van der Waals surface area contributed by atoms with Crippen LogP contribution in [0.2, 0.25) is 5.02 Å². The molecule has 0 aliphatic rings. The molecule has 0 saturated heterocycles. The summed E-state index contributed by atoms with van der Waals surface area (Å²) in [5, 5.41) is -0.106. The summed E-state index contributed by atoms with van der Waals surface area (Å²) in [5.74, 6) is -0.585. The third-order valence-corrected chi connectivity index (χ3v) is 3.37. The van der Waals surface area contributed by atoms with Gasteiger partial charge < -0.3 is 4.74 Å². The summed E-state index contributed by atoms with van der Waals surface area (Å²) in [6.45, 7) is 4.75. The minimum atomic E-state index is -4.53. The molecule has 0 spiro atoms. The second-order valence-corrected chi connectivity index (χ2v) is 5.55. The number of carbonyl (C=O) groups excluding carboxylic acids is 1. The molecule has 0 unspecified atom stereocenters. The third kappa shape index (κ3) is 3.19. The highest BCUT2D eigenvalue weighted by atomic mass is 35.5. The Kier molecular flexibility index (Phi) is 4.37. The number of carbonyl (C=O) groups is 1. The van der Waals surface area contributed by atoms with Gasteiger partial charge in [0, 0.05) is 13.1 Å². The molecule has 0 amide bonds. The van der Waals surface area contributed by atoms with Crippen molar-refractivity contribution in [1.29, 1.82) is 0 Å². The molecule has 22 heavy (non-hydrogen) atoms. The number of hydrogen-bond donors (Lipinski definition) is 0. The summed E-state index contributed by atoms with van der Waals surface area (Å²) in [7, 11) is 0. The van der Waals surface area contributed by atoms with E-state index in [1.165, 1.54) is 11.3 Å². The summed E-state index contributed by atoms with van der Waals surface area (Å²) in [6, 6.07) is 0.837. The Morgan fingerprint density at radius 2 is 2.09 bits per heavy atom. The average Bonchev–Trinajstić information content (AvgIpc) is 2.74. The minimum absolute atomic E-state index is 0.0594. The zero-order valence-corrected chi connectivity index (χ0v) is 12.9. The molecule has 0 aromatic carbocycles. The highest BCUT2D eigenvalue weighted by Crippen LogP contribution is 2.34. The van der Waals surface area contributed by atoms with Crippen LogP contribution in [-0.4, -0.2) is 15.4 Å². The molecule has 120 valence electrons. The van der Waals surface area contributed by atoms with Crippen LogP contribution in [0.1, 0.15) is 43.6 Å². The van der Waals surface area contributed by atoms with Crippen molar-refractivity contribution in [2.75, 3.05) is 0 Å². The van der Waals surface area contributed by atoms with Gasteiger partial charge in [-0.15, -0.1) is 0 Å². The monoisotopic (exact) mass is 334 g/mol. The number of nitrogens with zero attached hydrogens (tertiary/aromatic N) is 2. The van der Waals surface area contributed by atoms with Gasteiger partial charge in [0.2, 0.25) is 0 Å². The van der Waals surface area contributed by atoms with E-state index in [1.807, 2.05) is 13.8 Å². The first-order valence-corrected chi connectivity index (χ1v) is 6.90. The number of hydrogen-bond acceptors (Lipinski definition) is 3. The van der Waals surface area contributed by atoms with Crippen molar-refractivity contribution < 1.29 is 22.7 Å². The third-order valence-electron chi connectivity index (χ3n) is 3.09. The maximum atomic E-state index is 12.9. The Balaban J connectivity index is 2.68. The van der Waals surface area contributed by atoms with Gasteiger partial charge in [-0.25, -0.2) is 4.98 Å². The normalized spacial score (nSPS) is 12.2. The van der Waals surface area contributed by atoms with E-state index in [2.05, 4.69) is 4.98 Å². The van der Waals surface area contributed by atoms with Gasteiger partial charge in [0.15, 0.2) is 5.65 Å². The first-order valence-electron chi connectivity index (χ1n) is 6.52. The Morgan fingerprint density at radius 1 is 1.45 bits per heavy atom. The zero-order chi connectivity index (χ0) is 16.7. The second kappa shape index (κ2) is 5.79. The molecule has 0 aliphatic heterocycles. The van der Waals surface area contributed by atoms with Crippen LogP contribution < -0.4 is 0 Å². The van der Waals surface area contributed by atoms with Crippen molar-refractivity contribution in [3.05, 3.63) is 34.2 Å². The number of fused-ring (bicyclic) bond motifs is 1. The van der Waals surface area contributed by atoms with Gasteiger partial charge in [-0.3, -0.25) is 9.20 Å². The molecule has 0 aliphatic carbocycles. The summed E-state index contributed by atoms with van der Waals surface area (Å²) < 4.78 is 45.0. The highest BCUT2D eigenvalue weighted by Gasteiger charge is 2.32. The van der Waals surface area contributed by atoms with Crippen LogP contribution in [0.4, 0.5) is 13.2 Å². The Bertz CT molecular complexity index is 723. The van der Waals surface area contributed by atoms with E-state index in [0.29, 0.717) is 11.4 Å². The van der Waals surface area contributed by atoms with E-state index in [1.54, 1.807) is 0 Å². The summed E-state index contributed by atoms with van der Waals surface area (Å²) in [4.78, 5) is 15.3. The van der Waals surface area contributed by atoms with E-state index in [0.717, 1.165) is 12.3 Å². The number of imidazole rings is 1. The molecule has 0 atom stereocenters. The number of alkyl halides is 3. The van der Waals surface area contributed by atoms with E-state index >= 15 is 0 Å². The number of esters is 1. The van der Waals surface area contributed by atoms with Crippen LogP contribution in [-0.2, 0) is 22.3 Å². The molecule has 0 bridgehead atoms. The topological polar surface area (TPSA) is 43.6 Å². The van der Waals surface area contributed by atoms with Crippen molar-refractivity contribution in [1.82, 2.24) is 9.38 Å². The molecule has 0 saturated carbocycles. The van der Waals surface area contributed by atoms with Gasteiger partial charge >= 0.3 is 12.1 Å². The summed E-state index contributed by atoms with van der Waals surface area (Å²) in [5.41, 5.74) is 0.248. The van der Waals surface area contributed by atoms with Crippen molar-refractivity contribution in [2.45, 2.75) is 39.5 Å². The largest absolute Gasteiger partial charge is 0.459 e. The molecule has 2 heterocycles. The fourth-order valence-corrected chi connectivity index (χ4v) is 2.35. The van der Waals surface area contributed by atoms with E-state index < -0.39 is 17.7 Å². The number of pyridine rings is 1. The molecule has 0 radical (unpaired) electrons. The lowest BCUT2D eigenvalue weighted by Gasteiger charge is -2.10. The fourth-order valence-electron chi connectivity index (χ4n) is 2.10. The van der Waals surface area contributed by atoms with E-state index in [-0.39, 0.29) is 23.2 Å². The van der Waals surface area contributed by atoms with Crippen molar-refractivity contribution in [2.24, 2.45) is 0 Å². The van der Waals surface area contributed by atoms with Crippen molar-refractivity contribution >= 4 is 23.2 Å². The van der Waals surface area contributed by atoms with Crippen LogP contribution >= 0.6 is 11.6 Å². The molecule has 4 nitrogen and oxygen atoms in total. The van der Waals surface area contributed by atoms with Gasteiger partial charge in [0.25, 0.3) is 0 Å². The van der Waals surface area contributed by atoms with Crippen LogP contribution in [0.25, 0.3) is 5.65 Å². The first kappa shape index (κ1) is 16.6. The Morgan fingerprint density at radius 3 is 2.59 bits per heavy atom. The molecular weight excluding hydrogens is 321 g/mol. The van der Waals surface area contributed by atoms with Crippen molar-refractivity contribution in [3.8, 4) is 0 Å². The lowest BCUT2D eigenvalue weighted by molar-refractivity contribution is -0.142. The quantitative estimate of drug-likeness (QED) is 0.790. The maximum absolute atomic E-state index is 12.9. The lowest BCUT2D eigenvalue weighted by Crippen LogP contribution is -2.09. The van der Waals surface area contributed by atoms with Crippen LogP contribution in [0.3, 0.4) is 0 Å². The van der Waals surface area contributed by atoms with Crippen molar-refractivity contribution in [3.63, 3.8) is 0 Å². The summed E-state index contributed by atoms with van der Waals surface area (Å²) in [6.07, 6.45) is -3.61. The number of ether oxygens (including phenoxy) is 1. The minimum Gasteiger partial charge on any atom is -0.459 e. The molecule has 2 rings (SSSR count). The Labute approximate surface area is 129 Å². The highest BCUT2D eigenvalue weighted by molar-refractivity contribution is 6.33. The molecule has 0 N–H and O–H groups in total. The molecule has 2 aromatic rings. The molecule has 8 heteroatoms. The van der Waals surface area contributed by atoms with E-state index in [4.69, 9.17) is 16.3 Å². The van der Waals surface area contributed by atoms with Crippen LogP contribution in [0, 0.1) is 0 Å². The number of halogens is 4. The molecule has 0 fully saturated rings. The average molecular weight is 335 g/mol. The first-order chi connectivity index (χ1) is 10.1. The second-order valence-electron chi connectivity index (χ2n) is 5.15. The Hall–Kier alpha value is -1.76. The van der Waals surface area contributed by atoms with Gasteiger partial charge in [0.1, 0.15) is 6.61 Å². The number of aromatic nitrogens is 2. The lowest BCUT2D eigenvalue weighted by atomic mass is 10.1. The number of rotatable bonds is 3. The molecular formula is C14H14ClF3N2O2. The molecule has 2 aromatic heterocycles. The summed E-state index contributed by atoms with van der Waals surface area (Å²) >= 11 is 5.93. The fraction of sp³-hybridized carbons (Fsp3) is 0.429. The van der Waals surface area contributed by atoms with Crippen LogP contribution in [0.15, 0.2) is 12.3 Å². The van der Waals surface area contributed by atoms with Crippen LogP contribution in [0.5, 0.6) is 0 Å². The predicted octanol–water partition coefficient (Wildman–Crippen LogP) is 4.19. The SMILES string of the molecule is CC(=O)OCc1c(C(C)C)nc2c(Cl)cc(C(F)(F)F)cn12. The zero-order valence-electron chi connectivity index (χ0n) is 12.2. The van der Waals surface area contributed by atoms with Gasteiger partial charge in [-0.2, -0.15) is 13.2 Å². The van der Waals surface area contributed by atoms with Gasteiger partial charge in [0.05, 0.1) is 22.0 Å². The predicted molar refractivity (Wildman–Crippen MR) is 74.8 cm³/mol. The maximum Gasteiger partial charge on any atom is 0.417 e. The smallest absolute Gasteiger partial charge is 0.417 e. The van der Waals surface area contributed by atoms with Gasteiger partial charge in [-0.1, -0.05) is 25.4 Å². The standard InChI is InChI=1S/C14H14ClF3N2O2/c1-7(2)12-11(6-22-8(3)21)20-5-9(14(16,17)18)4-10(15)13(20)19-12/h4-5,7H,6H2,1-3H3.